The van der Waals surface area contributed by atoms with E-state index in [1.807, 2.05) is 0 Å². The molecular weight excluding hydrogens is 950 g/mol. The summed E-state index contributed by atoms with van der Waals surface area (Å²) in [6, 6.07) is -1.78. The summed E-state index contributed by atoms with van der Waals surface area (Å²) in [6.45, 7) is -2.50. The molecule has 0 bridgehead atoms. The van der Waals surface area contributed by atoms with Gasteiger partial charge in [-0.05, 0) is 6.92 Å². The number of carbonyl (C=O) groups excluding carboxylic acids is 1. The molecule has 6 rings (SSSR count). The van der Waals surface area contributed by atoms with Crippen molar-refractivity contribution in [3.05, 3.63) is 0 Å². The number of aliphatic hydroxyl groups is 18. The van der Waals surface area contributed by atoms with Crippen molar-refractivity contribution in [1.82, 2.24) is 5.32 Å². The molecule has 0 unspecified atom stereocenters. The maximum Gasteiger partial charge on any atom is 0.217 e. The molecule has 402 valence electrons. The Balaban J connectivity index is 1.19. The number of rotatable bonds is 16. The summed E-state index contributed by atoms with van der Waals surface area (Å²) in [7, 11) is 0. The van der Waals surface area contributed by atoms with Gasteiger partial charge in [0, 0.05) is 6.92 Å². The molecule has 19 N–H and O–H groups in total. The largest absolute Gasteiger partial charge is 0.394 e. The van der Waals surface area contributed by atoms with Crippen molar-refractivity contribution in [2.24, 2.45) is 0 Å². The van der Waals surface area contributed by atoms with Crippen molar-refractivity contribution in [3.8, 4) is 0 Å². The Morgan fingerprint density at radius 1 is 0.377 bits per heavy atom. The van der Waals surface area contributed by atoms with E-state index in [2.05, 4.69) is 5.32 Å². The summed E-state index contributed by atoms with van der Waals surface area (Å²) in [5.74, 6) is -0.847. The highest BCUT2D eigenvalue weighted by atomic mass is 16.8. The summed E-state index contributed by atoms with van der Waals surface area (Å²) in [6.07, 6.45) is -53.8. The molecule has 0 spiro atoms. The maximum absolute atomic E-state index is 12.6. The minimum Gasteiger partial charge on any atom is -0.394 e. The van der Waals surface area contributed by atoms with Gasteiger partial charge < -0.3 is 149 Å². The van der Waals surface area contributed by atoms with Gasteiger partial charge in [-0.15, -0.1) is 0 Å². The van der Waals surface area contributed by atoms with Crippen LogP contribution in [-0.4, -0.2) is 315 Å². The highest BCUT2D eigenvalue weighted by Gasteiger charge is 2.58. The van der Waals surface area contributed by atoms with E-state index >= 15 is 0 Å². The van der Waals surface area contributed by atoms with Crippen molar-refractivity contribution in [1.29, 1.82) is 0 Å². The molecule has 0 radical (unpaired) electrons. The summed E-state index contributed by atoms with van der Waals surface area (Å²) >= 11 is 0. The van der Waals surface area contributed by atoms with Crippen LogP contribution in [0.15, 0.2) is 0 Å². The zero-order valence-electron chi connectivity index (χ0n) is 36.8. The molecule has 30 atom stereocenters. The fourth-order valence-electron chi connectivity index (χ4n) is 8.84. The lowest BCUT2D eigenvalue weighted by Gasteiger charge is -2.50. The van der Waals surface area contributed by atoms with E-state index in [0.717, 1.165) is 6.92 Å². The molecule has 6 heterocycles. The van der Waals surface area contributed by atoms with Crippen molar-refractivity contribution in [2.75, 3.05) is 33.0 Å². The summed E-state index contributed by atoms with van der Waals surface area (Å²) in [5.41, 5.74) is 0. The van der Waals surface area contributed by atoms with Crippen LogP contribution in [0.2, 0.25) is 0 Å². The minimum absolute atomic E-state index is 0.847. The molecule has 0 saturated carbocycles. The predicted molar refractivity (Wildman–Crippen MR) is 209 cm³/mol. The third kappa shape index (κ3) is 11.8. The molecule has 6 saturated heterocycles. The lowest BCUT2D eigenvalue weighted by Crippen LogP contribution is -2.70. The molecule has 0 aliphatic carbocycles. The number of aliphatic hydroxyl groups excluding tert-OH is 18. The van der Waals surface area contributed by atoms with E-state index in [1.165, 1.54) is 6.92 Å². The zero-order chi connectivity index (χ0) is 50.9. The second-order valence-electron chi connectivity index (χ2n) is 17.5. The fraction of sp³-hybridized carbons (Fsp3) is 0.974. The molecule has 31 nitrogen and oxygen atoms in total. The zero-order valence-corrected chi connectivity index (χ0v) is 36.8. The van der Waals surface area contributed by atoms with E-state index < -0.39 is 223 Å². The molecule has 6 fully saturated rings. The topological polar surface area (TPSA) is 495 Å². The normalized spacial score (nSPS) is 52.1. The molecule has 0 aromatic rings. The van der Waals surface area contributed by atoms with Gasteiger partial charge in [-0.25, -0.2) is 0 Å². The summed E-state index contributed by atoms with van der Waals surface area (Å²) in [5, 5.41) is 193. The molecular formula is C38H65NO30. The van der Waals surface area contributed by atoms with E-state index in [4.69, 9.17) is 52.1 Å². The van der Waals surface area contributed by atoms with Gasteiger partial charge in [0.15, 0.2) is 37.7 Å². The van der Waals surface area contributed by atoms with Crippen molar-refractivity contribution in [2.45, 2.75) is 198 Å². The molecule has 1 amide bonds. The number of hydrogen-bond acceptors (Lipinski definition) is 30. The smallest absolute Gasteiger partial charge is 0.217 e. The molecule has 6 aliphatic rings. The van der Waals surface area contributed by atoms with E-state index in [9.17, 15) is 96.7 Å². The highest BCUT2D eigenvalue weighted by molar-refractivity contribution is 5.73. The van der Waals surface area contributed by atoms with Crippen molar-refractivity contribution in [3.63, 3.8) is 0 Å². The quantitative estimate of drug-likeness (QED) is 0.0682. The number of ether oxygens (including phenoxy) is 11. The van der Waals surface area contributed by atoms with E-state index in [0.29, 0.717) is 0 Å². The van der Waals surface area contributed by atoms with Gasteiger partial charge in [0.1, 0.15) is 140 Å². The van der Waals surface area contributed by atoms with Crippen LogP contribution >= 0.6 is 0 Å². The first-order chi connectivity index (χ1) is 32.6. The number of carbonyl (C=O) groups is 1. The number of amides is 1. The van der Waals surface area contributed by atoms with Crippen molar-refractivity contribution < 1.29 is 149 Å². The first kappa shape index (κ1) is 56.6. The Hall–Kier alpha value is -1.69. The van der Waals surface area contributed by atoms with Gasteiger partial charge in [-0.2, -0.15) is 0 Å². The van der Waals surface area contributed by atoms with Crippen LogP contribution in [0.5, 0.6) is 0 Å². The van der Waals surface area contributed by atoms with Gasteiger partial charge >= 0.3 is 0 Å². The lowest BCUT2D eigenvalue weighted by atomic mass is 9.94. The third-order valence-electron chi connectivity index (χ3n) is 12.8. The molecule has 31 heteroatoms. The highest BCUT2D eigenvalue weighted by Crippen LogP contribution is 2.37. The summed E-state index contributed by atoms with van der Waals surface area (Å²) < 4.78 is 62.2. The minimum atomic E-state index is -2.19. The Morgan fingerprint density at radius 3 is 1.33 bits per heavy atom. The summed E-state index contributed by atoms with van der Waals surface area (Å²) in [4.78, 5) is 12.6. The van der Waals surface area contributed by atoms with Crippen LogP contribution < -0.4 is 5.32 Å². The Labute approximate surface area is 390 Å². The van der Waals surface area contributed by atoms with Crippen molar-refractivity contribution >= 4 is 5.91 Å². The van der Waals surface area contributed by atoms with Gasteiger partial charge in [-0.1, -0.05) is 0 Å². The second kappa shape index (κ2) is 24.1. The average Bonchev–Trinajstić information content (AvgIpc) is 3.32. The predicted octanol–water partition coefficient (Wildman–Crippen LogP) is -12.9. The Kier molecular flexibility index (Phi) is 19.8. The first-order valence-electron chi connectivity index (χ1n) is 22.0. The second-order valence-corrected chi connectivity index (χ2v) is 17.5. The Bertz CT molecular complexity index is 1610. The number of nitrogens with one attached hydrogen (secondary N) is 1. The van der Waals surface area contributed by atoms with Gasteiger partial charge in [0.05, 0.1) is 39.1 Å². The molecule has 0 aromatic heterocycles. The molecule has 69 heavy (non-hydrogen) atoms. The molecule has 6 aliphatic heterocycles. The van der Waals surface area contributed by atoms with Gasteiger partial charge in [0.2, 0.25) is 5.91 Å². The third-order valence-corrected chi connectivity index (χ3v) is 12.8. The van der Waals surface area contributed by atoms with Crippen LogP contribution in [0.4, 0.5) is 0 Å². The number of hydrogen-bond donors (Lipinski definition) is 19. The van der Waals surface area contributed by atoms with Crippen LogP contribution in [0, 0.1) is 0 Å². The fourth-order valence-corrected chi connectivity index (χ4v) is 8.84. The van der Waals surface area contributed by atoms with E-state index in [-0.39, 0.29) is 0 Å². The monoisotopic (exact) mass is 1020 g/mol. The first-order valence-corrected chi connectivity index (χ1v) is 22.0. The van der Waals surface area contributed by atoms with Crippen LogP contribution in [-0.2, 0) is 56.9 Å². The maximum atomic E-state index is 12.6. The van der Waals surface area contributed by atoms with Crippen LogP contribution in [0.25, 0.3) is 0 Å². The average molecular weight is 1020 g/mol. The Morgan fingerprint density at radius 2 is 0.768 bits per heavy atom. The van der Waals surface area contributed by atoms with Gasteiger partial charge in [-0.3, -0.25) is 4.79 Å². The standard InChI is InChI=1S/C38H65NO30/c1-8-16(46)20(50)25(55)35(59-8)69-32-21(51)17(47)10(3-40)62-38(32)67-28-13(6-43)63-34(15(19(28)49)39-9(2)45)68-31-18(48)11(4-41)61-37(27(31)57)66-30-14(7-44)64-36(26(56)23(30)53)65-29-12(5-42)60-33(58)24(54)22(29)52/h8,10-38,40-44,46-58H,3-7H2,1-2H3,(H,39,45)/t8-,10+,11+,12+,13+,14+,15+,16+,17-,18-,19+,20+,21-,22+,23+,24+,25-,26+,27+,28+,29+,30-,31-,32+,33+,34-,35-,36-,37+,38-/m0/s1. The van der Waals surface area contributed by atoms with Crippen LogP contribution in [0.3, 0.4) is 0 Å². The molecule has 0 aromatic carbocycles. The SMILES string of the molecule is CC(=O)N[C@H]1[C@H](O[C@H]2[C@@H](O)[C@@H](CO)O[C@H](O[C@@H]3[C@H](O)[C@@H](O)[C@H](O[C@H]4[C@H](O)[C@@H](O)[C@H](O)O[C@@H]4CO)O[C@@H]3CO)[C@@H]2O)O[C@H](CO)[C@@H](O[C@@H]2O[C@H](CO)[C@H](O)[C@H](O)[C@H]2O[C@@H]2O[C@@H](C)[C@@H](O)[C@@H](O)[C@@H]2O)[C@@H]1O. The van der Waals surface area contributed by atoms with Gasteiger partial charge in [0.25, 0.3) is 0 Å². The van der Waals surface area contributed by atoms with Crippen LogP contribution in [0.1, 0.15) is 13.8 Å². The van der Waals surface area contributed by atoms with E-state index in [1.54, 1.807) is 0 Å². The lowest BCUT2D eigenvalue weighted by molar-refractivity contribution is -0.394.